The number of ether oxygens (including phenoxy) is 1. The van der Waals surface area contributed by atoms with Crippen molar-refractivity contribution in [3.63, 3.8) is 0 Å². The van der Waals surface area contributed by atoms with E-state index in [0.29, 0.717) is 23.3 Å². The Kier molecular flexibility index (Phi) is 7.97. The van der Waals surface area contributed by atoms with E-state index in [1.165, 1.54) is 18.2 Å². The average molecular weight is 563 g/mol. The van der Waals surface area contributed by atoms with E-state index < -0.39 is 25.4 Å². The molecule has 0 bridgehead atoms. The molecule has 5 rings (SSSR count). The molecule has 1 aliphatic heterocycles. The first kappa shape index (κ1) is 27.9. The number of rotatable bonds is 9. The molecule has 210 valence electrons. The molecule has 9 nitrogen and oxygen atoms in total. The van der Waals surface area contributed by atoms with Crippen LogP contribution in [-0.4, -0.2) is 83.6 Å². The molecule has 0 aliphatic carbocycles. The van der Waals surface area contributed by atoms with Gasteiger partial charge >= 0.3 is 5.97 Å². The van der Waals surface area contributed by atoms with Crippen molar-refractivity contribution in [2.24, 2.45) is 0 Å². The van der Waals surface area contributed by atoms with Crippen LogP contribution in [0.2, 0.25) is 25.7 Å². The molecule has 4 aromatic rings. The van der Waals surface area contributed by atoms with E-state index in [1.54, 1.807) is 10.9 Å². The molecule has 2 aromatic heterocycles. The second-order valence-electron chi connectivity index (χ2n) is 11.4. The number of likely N-dealkylation sites (N-methyl/N-ethyl adjacent to an activating group) is 1. The average Bonchev–Trinajstić information content (AvgIpc) is 3.29. The molecule has 1 saturated heterocycles. The Bertz CT molecular complexity index is 1510. The number of piperazine rings is 1. The fourth-order valence-corrected chi connectivity index (χ4v) is 5.43. The van der Waals surface area contributed by atoms with Crippen molar-refractivity contribution >= 4 is 30.8 Å². The first-order valence-corrected chi connectivity index (χ1v) is 17.2. The normalized spacial score (nSPS) is 14.7. The zero-order chi connectivity index (χ0) is 28.4. The summed E-state index contributed by atoms with van der Waals surface area (Å²) < 4.78 is 22.8. The third-order valence-electron chi connectivity index (χ3n) is 7.18. The lowest BCUT2D eigenvalue weighted by Gasteiger charge is -2.34. The smallest absolute Gasteiger partial charge is 0.338 e. The number of carboxylic acids is 1. The van der Waals surface area contributed by atoms with Crippen LogP contribution in [0, 0.1) is 5.82 Å². The highest BCUT2D eigenvalue weighted by Crippen LogP contribution is 2.31. The van der Waals surface area contributed by atoms with Crippen LogP contribution in [-0.2, 0) is 11.5 Å². The molecule has 0 amide bonds. The summed E-state index contributed by atoms with van der Waals surface area (Å²) in [5, 5.41) is 14.2. The van der Waals surface area contributed by atoms with Crippen LogP contribution < -0.4 is 4.90 Å². The highest BCUT2D eigenvalue weighted by molar-refractivity contribution is 6.76. The zero-order valence-electron chi connectivity index (χ0n) is 23.4. The van der Waals surface area contributed by atoms with Gasteiger partial charge < -0.3 is 19.6 Å². The van der Waals surface area contributed by atoms with Crippen LogP contribution in [0.1, 0.15) is 10.4 Å². The van der Waals surface area contributed by atoms with Gasteiger partial charge in [0.25, 0.3) is 0 Å². The van der Waals surface area contributed by atoms with Gasteiger partial charge in [-0.2, -0.15) is 5.10 Å². The van der Waals surface area contributed by atoms with E-state index in [0.717, 1.165) is 43.5 Å². The van der Waals surface area contributed by atoms with Gasteiger partial charge in [-0.3, -0.25) is 0 Å². The molecule has 2 aromatic carbocycles. The molecule has 3 heterocycles. The maximum atomic E-state index is 15.1. The number of benzene rings is 2. The third kappa shape index (κ3) is 6.06. The predicted octanol–water partition coefficient (Wildman–Crippen LogP) is 5.06. The molecule has 40 heavy (non-hydrogen) atoms. The highest BCUT2D eigenvalue weighted by Gasteiger charge is 2.21. The fraction of sp³-hybridized carbons (Fsp3) is 0.379. The second kappa shape index (κ2) is 11.4. The first-order valence-electron chi connectivity index (χ1n) is 13.5. The quantitative estimate of drug-likeness (QED) is 0.223. The number of nitrogens with zero attached hydrogens (tertiary/aromatic N) is 6. The summed E-state index contributed by atoms with van der Waals surface area (Å²) >= 11 is 0. The molecular weight excluding hydrogens is 527 g/mol. The summed E-state index contributed by atoms with van der Waals surface area (Å²) in [6.07, 6.45) is 1.60. The van der Waals surface area contributed by atoms with Gasteiger partial charge in [0, 0.05) is 52.1 Å². The van der Waals surface area contributed by atoms with Gasteiger partial charge in [0.2, 0.25) is 0 Å². The molecular formula is C29H35FN6O3Si. The van der Waals surface area contributed by atoms with E-state index in [-0.39, 0.29) is 18.1 Å². The van der Waals surface area contributed by atoms with Crippen LogP contribution in [0.15, 0.2) is 48.7 Å². The van der Waals surface area contributed by atoms with Crippen molar-refractivity contribution in [3.8, 4) is 22.6 Å². The van der Waals surface area contributed by atoms with Crippen molar-refractivity contribution < 1.29 is 19.0 Å². The summed E-state index contributed by atoms with van der Waals surface area (Å²) in [6, 6.07) is 13.5. The minimum Gasteiger partial charge on any atom is -0.478 e. The molecule has 11 heteroatoms. The zero-order valence-corrected chi connectivity index (χ0v) is 24.4. The number of aromatic carboxylic acids is 1. The lowest BCUT2D eigenvalue weighted by Crippen LogP contribution is -2.44. The molecule has 0 radical (unpaired) electrons. The molecule has 1 aliphatic rings. The number of carboxylic acid groups (broad SMARTS) is 1. The number of anilines is 1. The minimum atomic E-state index is -1.34. The maximum Gasteiger partial charge on any atom is 0.338 e. The van der Waals surface area contributed by atoms with Gasteiger partial charge in [0.15, 0.2) is 5.82 Å². The van der Waals surface area contributed by atoms with E-state index >= 15 is 4.39 Å². The van der Waals surface area contributed by atoms with Gasteiger partial charge in [-0.05, 0) is 37.4 Å². The molecule has 0 unspecified atom stereocenters. The molecule has 1 N–H and O–H groups in total. The monoisotopic (exact) mass is 562 g/mol. The number of halogens is 1. The Hall–Kier alpha value is -3.67. The number of carbonyl (C=O) groups is 1. The summed E-state index contributed by atoms with van der Waals surface area (Å²) in [6.45, 7) is 11.8. The summed E-state index contributed by atoms with van der Waals surface area (Å²) in [5.41, 5.74) is 3.46. The van der Waals surface area contributed by atoms with Crippen molar-refractivity contribution in [3.05, 3.63) is 60.0 Å². The largest absolute Gasteiger partial charge is 0.478 e. The van der Waals surface area contributed by atoms with Gasteiger partial charge in [0.1, 0.15) is 29.3 Å². The van der Waals surface area contributed by atoms with E-state index in [1.807, 2.05) is 12.1 Å². The Morgan fingerprint density at radius 1 is 1.07 bits per heavy atom. The Balaban J connectivity index is 1.52. The van der Waals surface area contributed by atoms with Crippen LogP contribution in [0.25, 0.3) is 33.7 Å². The van der Waals surface area contributed by atoms with Crippen LogP contribution in [0.3, 0.4) is 0 Å². The predicted molar refractivity (Wildman–Crippen MR) is 157 cm³/mol. The van der Waals surface area contributed by atoms with Crippen LogP contribution in [0.4, 0.5) is 10.1 Å². The second-order valence-corrected chi connectivity index (χ2v) is 17.1. The summed E-state index contributed by atoms with van der Waals surface area (Å²) in [7, 11) is 0.889. The molecule has 0 saturated carbocycles. The third-order valence-corrected chi connectivity index (χ3v) is 8.89. The summed E-state index contributed by atoms with van der Waals surface area (Å²) in [5.74, 6) is -2.11. The van der Waals surface area contributed by atoms with Crippen molar-refractivity contribution in [1.82, 2.24) is 24.6 Å². The van der Waals surface area contributed by atoms with E-state index in [9.17, 15) is 9.90 Å². The Morgan fingerprint density at radius 2 is 1.80 bits per heavy atom. The number of hydrogen-bond donors (Lipinski definition) is 1. The lowest BCUT2D eigenvalue weighted by atomic mass is 10.1. The van der Waals surface area contributed by atoms with Gasteiger partial charge in [0.05, 0.1) is 17.3 Å². The SMILES string of the molecule is CN1CCN(c2ccc(-c3nn(COCC[Si](C)(C)C)c4cnc(-c5cccc(C(=O)O)c5F)nc34)cc2)CC1. The Labute approximate surface area is 234 Å². The van der Waals surface area contributed by atoms with Gasteiger partial charge in [-0.15, -0.1) is 0 Å². The molecule has 0 atom stereocenters. The fourth-order valence-electron chi connectivity index (χ4n) is 4.68. The number of aromatic nitrogens is 4. The Morgan fingerprint density at radius 3 is 2.48 bits per heavy atom. The van der Waals surface area contributed by atoms with E-state index in [4.69, 9.17) is 14.8 Å². The summed E-state index contributed by atoms with van der Waals surface area (Å²) in [4.78, 5) is 25.3. The number of hydrogen-bond acceptors (Lipinski definition) is 7. The van der Waals surface area contributed by atoms with Crippen LogP contribution >= 0.6 is 0 Å². The number of fused-ring (bicyclic) bond motifs is 1. The first-order chi connectivity index (χ1) is 19.1. The van der Waals surface area contributed by atoms with Crippen molar-refractivity contribution in [2.75, 3.05) is 44.7 Å². The van der Waals surface area contributed by atoms with Crippen LogP contribution in [0.5, 0.6) is 0 Å². The van der Waals surface area contributed by atoms with Crippen molar-refractivity contribution in [1.29, 1.82) is 0 Å². The van der Waals surface area contributed by atoms with Crippen molar-refractivity contribution in [2.45, 2.75) is 32.4 Å². The van der Waals surface area contributed by atoms with Gasteiger partial charge in [-0.25, -0.2) is 23.8 Å². The lowest BCUT2D eigenvalue weighted by molar-refractivity contribution is 0.0692. The van der Waals surface area contributed by atoms with Gasteiger partial charge in [-0.1, -0.05) is 37.8 Å². The molecule has 0 spiro atoms. The highest BCUT2D eigenvalue weighted by atomic mass is 28.3. The van der Waals surface area contributed by atoms with E-state index in [2.05, 4.69) is 53.6 Å². The topological polar surface area (TPSA) is 96.6 Å². The minimum absolute atomic E-state index is 0.0253. The standard InChI is InChI=1S/C29H35FN6O3Si/c1-34-12-14-35(15-13-34)21-10-8-20(9-11-21)26-27-24(36(33-26)19-39-16-17-40(2,3)4)18-31-28(32-27)22-6-5-7-23(25(22)30)29(37)38/h5-11,18H,12-17,19H2,1-4H3,(H,37,38). The maximum absolute atomic E-state index is 15.1. The molecule has 1 fully saturated rings.